The average molecular weight is 417 g/mol. The maximum Gasteiger partial charge on any atom is 0.381 e. The van der Waals surface area contributed by atoms with Crippen molar-refractivity contribution in [3.63, 3.8) is 0 Å². The van der Waals surface area contributed by atoms with Crippen LogP contribution in [-0.2, 0) is 16.1 Å². The van der Waals surface area contributed by atoms with Crippen LogP contribution in [0.25, 0.3) is 0 Å². The minimum Gasteiger partial charge on any atom is -0.358 e. The molecule has 0 unspecified atom stereocenters. The maximum atomic E-state index is 14.1. The second-order valence-corrected chi connectivity index (χ2v) is 7.41. The van der Waals surface area contributed by atoms with Gasteiger partial charge in [-0.2, -0.15) is 0 Å². The zero-order chi connectivity index (χ0) is 21.7. The van der Waals surface area contributed by atoms with E-state index in [0.717, 1.165) is 32.1 Å². The summed E-state index contributed by atoms with van der Waals surface area (Å²) in [5, 5.41) is 16.1. The van der Waals surface area contributed by atoms with Crippen LogP contribution in [0.15, 0.2) is 24.4 Å². The van der Waals surface area contributed by atoms with Gasteiger partial charge in [0.05, 0.1) is 5.69 Å². The molecule has 2 amide bonds. The second kappa shape index (κ2) is 9.47. The molecule has 1 fully saturated rings. The molecule has 1 aliphatic carbocycles. The van der Waals surface area contributed by atoms with Crippen molar-refractivity contribution in [2.75, 3.05) is 10.6 Å². The second-order valence-electron chi connectivity index (χ2n) is 7.41. The summed E-state index contributed by atoms with van der Waals surface area (Å²) in [5.74, 6) is -1.07. The minimum absolute atomic E-state index is 0.0319. The van der Waals surface area contributed by atoms with Gasteiger partial charge in [-0.05, 0) is 40.9 Å². The van der Waals surface area contributed by atoms with Crippen molar-refractivity contribution >= 4 is 29.0 Å². The molecule has 0 atom stereocenters. The van der Waals surface area contributed by atoms with Crippen molar-refractivity contribution in [3.05, 3.63) is 46.2 Å². The number of anilines is 2. The Balaban J connectivity index is 1.58. The summed E-state index contributed by atoms with van der Waals surface area (Å²) in [4.78, 5) is 38.6. The molecule has 1 saturated carbocycles. The number of carbonyl (C=O) groups is 2. The number of nitrogens with zero attached hydrogens (tertiary/aromatic N) is 3. The highest BCUT2D eigenvalue weighted by Gasteiger charge is 2.22. The lowest BCUT2D eigenvalue weighted by Gasteiger charge is -2.21. The number of rotatable bonds is 7. The highest BCUT2D eigenvalue weighted by Crippen LogP contribution is 2.26. The number of hydrogen-bond acceptors (Lipinski definition) is 5. The number of nitro groups is 1. The van der Waals surface area contributed by atoms with E-state index in [1.165, 1.54) is 29.0 Å². The Bertz CT molecular complexity index is 953. The number of carbonyl (C=O) groups excluding carboxylic acids is 2. The molecule has 0 aliphatic heterocycles. The van der Waals surface area contributed by atoms with E-state index in [0.29, 0.717) is 11.5 Å². The van der Waals surface area contributed by atoms with Crippen LogP contribution in [0.3, 0.4) is 0 Å². The number of imidazole rings is 1. The summed E-state index contributed by atoms with van der Waals surface area (Å²) < 4.78 is 15.6. The Morgan fingerprint density at radius 2 is 2.00 bits per heavy atom. The van der Waals surface area contributed by atoms with Crippen LogP contribution in [0, 0.1) is 28.8 Å². The normalized spacial score (nSPS) is 14.3. The molecule has 1 aliphatic rings. The Kier molecular flexibility index (Phi) is 6.76. The predicted octanol–water partition coefficient (Wildman–Crippen LogP) is 3.79. The van der Waals surface area contributed by atoms with Gasteiger partial charge in [-0.15, -0.1) is 0 Å². The standard InChI is InChI=1S/C20H24FN5O4/c1-13-22-18(26(29)30)12-25(13)10-9-19(27)23-15-7-8-16(21)17(11-15)24-20(28)14-5-3-2-4-6-14/h7-8,11-12,14H,2-6,9-10H2,1H3,(H,23,27)(H,24,28). The van der Waals surface area contributed by atoms with E-state index >= 15 is 0 Å². The number of aromatic nitrogens is 2. The summed E-state index contributed by atoms with van der Waals surface area (Å²) in [6.45, 7) is 1.83. The van der Waals surface area contributed by atoms with Gasteiger partial charge in [-0.25, -0.2) is 4.39 Å². The fourth-order valence-corrected chi connectivity index (χ4v) is 3.55. The molecule has 0 bridgehead atoms. The first kappa shape index (κ1) is 21.4. The lowest BCUT2D eigenvalue weighted by Crippen LogP contribution is -2.25. The van der Waals surface area contributed by atoms with E-state index in [1.54, 1.807) is 6.92 Å². The molecule has 9 nitrogen and oxygen atoms in total. The largest absolute Gasteiger partial charge is 0.381 e. The first-order valence-electron chi connectivity index (χ1n) is 9.92. The monoisotopic (exact) mass is 417 g/mol. The SMILES string of the molecule is Cc1nc([N+](=O)[O-])cn1CCC(=O)Nc1ccc(F)c(NC(=O)C2CCCCC2)c1. The van der Waals surface area contributed by atoms with Crippen LogP contribution >= 0.6 is 0 Å². The molecule has 160 valence electrons. The molecule has 0 radical (unpaired) electrons. The van der Waals surface area contributed by atoms with Crippen molar-refractivity contribution in [1.82, 2.24) is 9.55 Å². The number of benzene rings is 1. The molecule has 2 aromatic rings. The maximum absolute atomic E-state index is 14.1. The quantitative estimate of drug-likeness (QED) is 0.525. The van der Waals surface area contributed by atoms with Crippen LogP contribution in [-0.4, -0.2) is 26.3 Å². The van der Waals surface area contributed by atoms with E-state index in [2.05, 4.69) is 15.6 Å². The molecule has 2 N–H and O–H groups in total. The van der Waals surface area contributed by atoms with Gasteiger partial charge in [-0.3, -0.25) is 9.59 Å². The number of aryl methyl sites for hydroxylation is 2. The van der Waals surface area contributed by atoms with E-state index in [-0.39, 0.29) is 42.2 Å². The summed E-state index contributed by atoms with van der Waals surface area (Å²) in [6.07, 6.45) is 6.04. The zero-order valence-electron chi connectivity index (χ0n) is 16.7. The third kappa shape index (κ3) is 5.40. The molecule has 1 aromatic carbocycles. The molecular formula is C20H24FN5O4. The van der Waals surface area contributed by atoms with Crippen LogP contribution in [0.5, 0.6) is 0 Å². The minimum atomic E-state index is -0.592. The van der Waals surface area contributed by atoms with E-state index in [4.69, 9.17) is 0 Å². The highest BCUT2D eigenvalue weighted by atomic mass is 19.1. The van der Waals surface area contributed by atoms with Crippen molar-refractivity contribution in [2.24, 2.45) is 5.92 Å². The van der Waals surface area contributed by atoms with E-state index in [1.807, 2.05) is 0 Å². The first-order chi connectivity index (χ1) is 14.3. The number of hydrogen-bond donors (Lipinski definition) is 2. The topological polar surface area (TPSA) is 119 Å². The Labute approximate surface area is 172 Å². The molecular weight excluding hydrogens is 393 g/mol. The van der Waals surface area contributed by atoms with E-state index < -0.39 is 10.7 Å². The van der Waals surface area contributed by atoms with Gasteiger partial charge >= 0.3 is 5.82 Å². The fraction of sp³-hybridized carbons (Fsp3) is 0.450. The number of nitrogens with one attached hydrogen (secondary N) is 2. The van der Waals surface area contributed by atoms with Crippen LogP contribution in [0.1, 0.15) is 44.3 Å². The van der Waals surface area contributed by atoms with Crippen molar-refractivity contribution in [1.29, 1.82) is 0 Å². The number of amides is 2. The fourth-order valence-electron chi connectivity index (χ4n) is 3.55. The van der Waals surface area contributed by atoms with Crippen LogP contribution < -0.4 is 10.6 Å². The molecule has 10 heteroatoms. The Morgan fingerprint density at radius 3 is 2.67 bits per heavy atom. The van der Waals surface area contributed by atoms with E-state index in [9.17, 15) is 24.1 Å². The Morgan fingerprint density at radius 1 is 1.27 bits per heavy atom. The molecule has 3 rings (SSSR count). The van der Waals surface area contributed by atoms with Crippen molar-refractivity contribution < 1.29 is 18.9 Å². The van der Waals surface area contributed by atoms with Crippen LogP contribution in [0.2, 0.25) is 0 Å². The molecule has 1 aromatic heterocycles. The van der Waals surface area contributed by atoms with Gasteiger partial charge in [0.1, 0.15) is 12.0 Å². The van der Waals surface area contributed by atoms with Gasteiger partial charge in [0.15, 0.2) is 0 Å². The predicted molar refractivity (Wildman–Crippen MR) is 108 cm³/mol. The molecule has 0 spiro atoms. The van der Waals surface area contributed by atoms with Gasteiger partial charge < -0.3 is 25.3 Å². The summed E-state index contributed by atoms with van der Waals surface area (Å²) in [5.41, 5.74) is 0.387. The van der Waals surface area contributed by atoms with Crippen molar-refractivity contribution in [2.45, 2.75) is 52.0 Å². The molecule has 1 heterocycles. The third-order valence-electron chi connectivity index (χ3n) is 5.21. The number of halogens is 1. The summed E-state index contributed by atoms with van der Waals surface area (Å²) in [7, 11) is 0. The lowest BCUT2D eigenvalue weighted by molar-refractivity contribution is -0.389. The Hall–Kier alpha value is -3.30. The van der Waals surface area contributed by atoms with Gasteiger partial charge in [0.25, 0.3) is 0 Å². The summed E-state index contributed by atoms with van der Waals surface area (Å²) in [6, 6.07) is 3.99. The highest BCUT2D eigenvalue weighted by molar-refractivity contribution is 5.95. The molecule has 0 saturated heterocycles. The van der Waals surface area contributed by atoms with Gasteiger partial charge in [0.2, 0.25) is 17.6 Å². The van der Waals surface area contributed by atoms with Crippen molar-refractivity contribution in [3.8, 4) is 0 Å². The average Bonchev–Trinajstić information content (AvgIpc) is 3.10. The molecule has 30 heavy (non-hydrogen) atoms. The van der Waals surface area contributed by atoms with Gasteiger partial charge in [0, 0.05) is 31.5 Å². The lowest BCUT2D eigenvalue weighted by atomic mass is 9.88. The third-order valence-corrected chi connectivity index (χ3v) is 5.21. The first-order valence-corrected chi connectivity index (χ1v) is 9.92. The zero-order valence-corrected chi connectivity index (χ0v) is 16.7. The smallest absolute Gasteiger partial charge is 0.358 e. The van der Waals surface area contributed by atoms with Gasteiger partial charge in [-0.1, -0.05) is 19.3 Å². The van der Waals surface area contributed by atoms with Crippen LogP contribution in [0.4, 0.5) is 21.6 Å². The summed E-state index contributed by atoms with van der Waals surface area (Å²) >= 11 is 0.